The second kappa shape index (κ2) is 5.60. The Morgan fingerprint density at radius 3 is 2.57 bits per heavy atom. The predicted octanol–water partition coefficient (Wildman–Crippen LogP) is 1.53. The molecule has 1 aliphatic heterocycles. The quantitative estimate of drug-likeness (QED) is 0.548. The fourth-order valence-electron chi connectivity index (χ4n) is 1.58. The summed E-state index contributed by atoms with van der Waals surface area (Å²) in [6.45, 7) is 2.27. The van der Waals surface area contributed by atoms with E-state index < -0.39 is 5.97 Å². The Bertz CT molecular complexity index is 238. The highest BCUT2D eigenvalue weighted by Crippen LogP contribution is 2.16. The molecule has 0 aliphatic carbocycles. The van der Waals surface area contributed by atoms with Crippen molar-refractivity contribution in [2.45, 2.75) is 12.8 Å². The van der Waals surface area contributed by atoms with Crippen LogP contribution in [0.3, 0.4) is 0 Å². The number of carboxylic acids is 1. The summed E-state index contributed by atoms with van der Waals surface area (Å²) in [5, 5.41) is 8.36. The fourth-order valence-corrected chi connectivity index (χ4v) is 1.58. The van der Waals surface area contributed by atoms with E-state index in [1.165, 1.54) is 12.8 Å². The van der Waals surface area contributed by atoms with E-state index in [0.717, 1.165) is 19.2 Å². The van der Waals surface area contributed by atoms with Gasteiger partial charge in [-0.15, -0.1) is 0 Å². The summed E-state index contributed by atoms with van der Waals surface area (Å²) in [7, 11) is 2.13. The van der Waals surface area contributed by atoms with E-state index in [2.05, 4.69) is 18.0 Å². The lowest BCUT2D eigenvalue weighted by Gasteiger charge is -2.26. The van der Waals surface area contributed by atoms with E-state index >= 15 is 0 Å². The van der Waals surface area contributed by atoms with Gasteiger partial charge in [-0.05, 0) is 38.9 Å². The van der Waals surface area contributed by atoms with Crippen molar-refractivity contribution < 1.29 is 9.90 Å². The molecule has 1 saturated heterocycles. The minimum absolute atomic E-state index is 0.615. The van der Waals surface area contributed by atoms with Crippen LogP contribution in [-0.2, 0) is 4.79 Å². The topological polar surface area (TPSA) is 40.5 Å². The second-order valence-electron chi connectivity index (χ2n) is 3.72. The second-order valence-corrected chi connectivity index (χ2v) is 3.72. The van der Waals surface area contributed by atoms with E-state index in [-0.39, 0.29) is 0 Å². The summed E-state index contributed by atoms with van der Waals surface area (Å²) in [4.78, 5) is 12.5. The number of aliphatic carboxylic acids is 1. The Kier molecular flexibility index (Phi) is 4.40. The maximum atomic E-state index is 10.2. The zero-order valence-corrected chi connectivity index (χ0v) is 8.52. The van der Waals surface area contributed by atoms with Crippen molar-refractivity contribution in [2.24, 2.45) is 5.92 Å². The lowest BCUT2D eigenvalue weighted by atomic mass is 9.97. The molecule has 0 atom stereocenters. The smallest absolute Gasteiger partial charge is 0.328 e. The van der Waals surface area contributed by atoms with Crippen molar-refractivity contribution in [3.05, 3.63) is 24.3 Å². The fraction of sp³-hybridized carbons (Fsp3) is 0.545. The monoisotopic (exact) mass is 195 g/mol. The van der Waals surface area contributed by atoms with Crippen LogP contribution >= 0.6 is 0 Å². The number of allylic oxidation sites excluding steroid dienone is 3. The summed E-state index contributed by atoms with van der Waals surface area (Å²) < 4.78 is 0. The van der Waals surface area contributed by atoms with Crippen LogP contribution in [0.1, 0.15) is 12.8 Å². The van der Waals surface area contributed by atoms with Crippen LogP contribution in [0, 0.1) is 5.92 Å². The number of hydrogen-bond donors (Lipinski definition) is 1. The van der Waals surface area contributed by atoms with Crippen LogP contribution in [0.4, 0.5) is 0 Å². The molecule has 1 N–H and O–H groups in total. The number of carboxylic acid groups (broad SMARTS) is 1. The molecule has 1 heterocycles. The molecule has 78 valence electrons. The molecule has 0 spiro atoms. The van der Waals surface area contributed by atoms with Crippen molar-refractivity contribution in [3.8, 4) is 0 Å². The first-order chi connectivity index (χ1) is 6.68. The van der Waals surface area contributed by atoms with Crippen molar-refractivity contribution >= 4 is 5.97 Å². The number of nitrogens with zero attached hydrogens (tertiary/aromatic N) is 1. The van der Waals surface area contributed by atoms with Gasteiger partial charge in [-0.1, -0.05) is 18.2 Å². The minimum atomic E-state index is -0.891. The molecule has 0 unspecified atom stereocenters. The van der Waals surface area contributed by atoms with Crippen LogP contribution in [0.2, 0.25) is 0 Å². The number of rotatable bonds is 3. The van der Waals surface area contributed by atoms with Gasteiger partial charge in [0.25, 0.3) is 0 Å². The van der Waals surface area contributed by atoms with Gasteiger partial charge in [0.2, 0.25) is 0 Å². The first kappa shape index (κ1) is 11.0. The average molecular weight is 195 g/mol. The van der Waals surface area contributed by atoms with E-state index in [1.807, 2.05) is 6.08 Å². The maximum Gasteiger partial charge on any atom is 0.328 e. The summed E-state index contributed by atoms with van der Waals surface area (Å²) in [5.41, 5.74) is 0. The highest BCUT2D eigenvalue weighted by atomic mass is 16.4. The lowest BCUT2D eigenvalue weighted by Crippen LogP contribution is -2.29. The van der Waals surface area contributed by atoms with Gasteiger partial charge in [0, 0.05) is 6.08 Å². The van der Waals surface area contributed by atoms with Crippen LogP contribution in [-0.4, -0.2) is 36.1 Å². The van der Waals surface area contributed by atoms with Gasteiger partial charge in [0.15, 0.2) is 0 Å². The van der Waals surface area contributed by atoms with E-state index in [1.54, 1.807) is 6.08 Å². The Morgan fingerprint density at radius 2 is 2.00 bits per heavy atom. The van der Waals surface area contributed by atoms with E-state index in [4.69, 9.17) is 5.11 Å². The number of hydrogen-bond acceptors (Lipinski definition) is 2. The van der Waals surface area contributed by atoms with E-state index in [9.17, 15) is 4.79 Å². The molecule has 1 rings (SSSR count). The standard InChI is InChI=1S/C11H17NO2/c1-12-8-6-10(7-9-12)4-2-3-5-11(13)14/h2-5,10H,6-9H2,1H3,(H,13,14)/b4-2+,5-3-. The SMILES string of the molecule is CN1CCC(/C=C/C=C\C(=O)O)CC1. The largest absolute Gasteiger partial charge is 0.478 e. The highest BCUT2D eigenvalue weighted by molar-refractivity contribution is 5.80. The number of likely N-dealkylation sites (tertiary alicyclic amines) is 1. The molecule has 3 heteroatoms. The molecular weight excluding hydrogens is 178 g/mol. The van der Waals surface area contributed by atoms with Gasteiger partial charge >= 0.3 is 5.97 Å². The van der Waals surface area contributed by atoms with Crippen molar-refractivity contribution in [1.82, 2.24) is 4.90 Å². The van der Waals surface area contributed by atoms with Crippen LogP contribution in [0.5, 0.6) is 0 Å². The first-order valence-electron chi connectivity index (χ1n) is 4.95. The third-order valence-corrected chi connectivity index (χ3v) is 2.50. The van der Waals surface area contributed by atoms with Crippen molar-refractivity contribution in [1.29, 1.82) is 0 Å². The molecule has 3 nitrogen and oxygen atoms in total. The van der Waals surface area contributed by atoms with Gasteiger partial charge in [-0.2, -0.15) is 0 Å². The summed E-state index contributed by atoms with van der Waals surface area (Å²) in [6, 6.07) is 0. The Balaban J connectivity index is 2.27. The highest BCUT2D eigenvalue weighted by Gasteiger charge is 2.12. The summed E-state index contributed by atoms with van der Waals surface area (Å²) in [6.07, 6.45) is 9.03. The Labute approximate surface area is 84.7 Å². The Hall–Kier alpha value is -1.09. The normalized spacial score (nSPS) is 20.9. The zero-order valence-electron chi connectivity index (χ0n) is 8.52. The van der Waals surface area contributed by atoms with Gasteiger partial charge in [-0.25, -0.2) is 4.79 Å². The molecule has 0 aromatic carbocycles. The molecule has 0 amide bonds. The average Bonchev–Trinajstić information content (AvgIpc) is 2.15. The molecule has 0 radical (unpaired) electrons. The molecule has 0 bridgehead atoms. The van der Waals surface area contributed by atoms with Gasteiger partial charge in [-0.3, -0.25) is 0 Å². The predicted molar refractivity (Wildman–Crippen MR) is 56.1 cm³/mol. The number of carbonyl (C=O) groups is 1. The van der Waals surface area contributed by atoms with E-state index in [0.29, 0.717) is 5.92 Å². The van der Waals surface area contributed by atoms with Crippen molar-refractivity contribution in [3.63, 3.8) is 0 Å². The van der Waals surface area contributed by atoms with Gasteiger partial charge < -0.3 is 10.0 Å². The zero-order chi connectivity index (χ0) is 10.4. The molecule has 0 aromatic heterocycles. The third-order valence-electron chi connectivity index (χ3n) is 2.50. The number of piperidine rings is 1. The lowest BCUT2D eigenvalue weighted by molar-refractivity contribution is -0.131. The van der Waals surface area contributed by atoms with Crippen LogP contribution in [0.25, 0.3) is 0 Å². The molecular formula is C11H17NO2. The van der Waals surface area contributed by atoms with Crippen LogP contribution < -0.4 is 0 Å². The molecule has 0 aromatic rings. The maximum absolute atomic E-state index is 10.2. The molecule has 1 aliphatic rings. The third kappa shape index (κ3) is 4.23. The molecule has 14 heavy (non-hydrogen) atoms. The molecule has 1 fully saturated rings. The van der Waals surface area contributed by atoms with Gasteiger partial charge in [0.1, 0.15) is 0 Å². The summed E-state index contributed by atoms with van der Waals surface area (Å²) >= 11 is 0. The van der Waals surface area contributed by atoms with Crippen molar-refractivity contribution in [2.75, 3.05) is 20.1 Å². The minimum Gasteiger partial charge on any atom is -0.478 e. The summed E-state index contributed by atoms with van der Waals surface area (Å²) in [5.74, 6) is -0.275. The first-order valence-corrected chi connectivity index (χ1v) is 4.95. The van der Waals surface area contributed by atoms with Crippen LogP contribution in [0.15, 0.2) is 24.3 Å². The van der Waals surface area contributed by atoms with Gasteiger partial charge in [0.05, 0.1) is 0 Å². The molecule has 0 saturated carbocycles. The Morgan fingerprint density at radius 1 is 1.36 bits per heavy atom.